The molecule has 1 aliphatic carbocycles. The lowest BCUT2D eigenvalue weighted by atomic mass is 9.92. The van der Waals surface area contributed by atoms with Crippen molar-refractivity contribution in [1.29, 1.82) is 0 Å². The topological polar surface area (TPSA) is 47.0 Å². The summed E-state index contributed by atoms with van der Waals surface area (Å²) < 4.78 is 5.49. The van der Waals surface area contributed by atoms with Crippen LogP contribution < -0.4 is 5.32 Å². The Hall–Kier alpha value is -1.00. The fraction of sp³-hybridized carbons (Fsp3) is 0.714. The van der Waals surface area contributed by atoms with Gasteiger partial charge in [0.05, 0.1) is 0 Å². The molecule has 4 heteroatoms. The van der Waals surface area contributed by atoms with Gasteiger partial charge in [-0.05, 0) is 32.2 Å². The molecule has 1 atom stereocenters. The molecule has 1 unspecified atom stereocenters. The monoisotopic (exact) mass is 249 g/mol. The molecule has 0 amide bonds. The highest BCUT2D eigenvalue weighted by Gasteiger charge is 2.21. The second-order valence-electron chi connectivity index (χ2n) is 4.74. The van der Waals surface area contributed by atoms with Crippen LogP contribution >= 0.6 is 0 Å². The van der Waals surface area contributed by atoms with Gasteiger partial charge in [0.2, 0.25) is 0 Å². The fourth-order valence-electron chi connectivity index (χ4n) is 2.42. The van der Waals surface area contributed by atoms with E-state index in [1.165, 1.54) is 24.1 Å². The van der Waals surface area contributed by atoms with E-state index in [0.29, 0.717) is 12.6 Å². The van der Waals surface area contributed by atoms with Gasteiger partial charge < -0.3 is 10.1 Å². The fourth-order valence-corrected chi connectivity index (χ4v) is 2.42. The third-order valence-electron chi connectivity index (χ3n) is 3.26. The van der Waals surface area contributed by atoms with Crippen molar-refractivity contribution in [1.82, 2.24) is 15.3 Å². The number of rotatable bonds is 6. The quantitative estimate of drug-likeness (QED) is 0.786. The minimum Gasteiger partial charge on any atom is -0.373 e. The van der Waals surface area contributed by atoms with Crippen molar-refractivity contribution in [2.75, 3.05) is 13.2 Å². The van der Waals surface area contributed by atoms with Crippen LogP contribution in [0.3, 0.4) is 0 Å². The molecule has 1 aliphatic rings. The van der Waals surface area contributed by atoms with Gasteiger partial charge >= 0.3 is 0 Å². The van der Waals surface area contributed by atoms with Gasteiger partial charge in [-0.2, -0.15) is 0 Å². The Morgan fingerprint density at radius 3 is 3.11 bits per heavy atom. The molecule has 0 fully saturated rings. The molecule has 0 saturated heterocycles. The normalized spacial score (nSPS) is 18.7. The summed E-state index contributed by atoms with van der Waals surface area (Å²) in [6, 6.07) is 0.435. The highest BCUT2D eigenvalue weighted by molar-refractivity contribution is 5.24. The largest absolute Gasteiger partial charge is 0.373 e. The first kappa shape index (κ1) is 13.4. The maximum Gasteiger partial charge on any atom is 0.154 e. The first-order chi connectivity index (χ1) is 8.85. The molecule has 2 rings (SSSR count). The molecule has 0 saturated carbocycles. The minimum absolute atomic E-state index is 0.435. The van der Waals surface area contributed by atoms with E-state index >= 15 is 0 Å². The second-order valence-corrected chi connectivity index (χ2v) is 4.74. The van der Waals surface area contributed by atoms with Gasteiger partial charge in [0.15, 0.2) is 5.82 Å². The lowest BCUT2D eigenvalue weighted by Gasteiger charge is -2.25. The van der Waals surface area contributed by atoms with Crippen LogP contribution in [0.5, 0.6) is 0 Å². The Labute approximate surface area is 109 Å². The Morgan fingerprint density at radius 1 is 1.44 bits per heavy atom. The summed E-state index contributed by atoms with van der Waals surface area (Å²) in [6.07, 6.45) is 6.49. The summed E-state index contributed by atoms with van der Waals surface area (Å²) in [5.41, 5.74) is 2.49. The standard InChI is InChI=1S/C14H23N3O/c1-3-8-18-10-14-16-9-11-12(15-4-2)6-5-7-13(11)17-14/h9,12,15H,3-8,10H2,1-2H3. The molecule has 18 heavy (non-hydrogen) atoms. The van der Waals surface area contributed by atoms with Crippen LogP contribution in [0.25, 0.3) is 0 Å². The molecule has 0 spiro atoms. The highest BCUT2D eigenvalue weighted by atomic mass is 16.5. The number of aryl methyl sites for hydroxylation is 1. The van der Waals surface area contributed by atoms with Crippen LogP contribution in [0, 0.1) is 0 Å². The molecule has 0 radical (unpaired) electrons. The third-order valence-corrected chi connectivity index (χ3v) is 3.26. The van der Waals surface area contributed by atoms with Crippen LogP contribution in [0.2, 0.25) is 0 Å². The molecule has 4 nitrogen and oxygen atoms in total. The van der Waals surface area contributed by atoms with Crippen molar-refractivity contribution in [3.05, 3.63) is 23.3 Å². The maximum atomic E-state index is 5.49. The Morgan fingerprint density at radius 2 is 2.33 bits per heavy atom. The molecule has 0 aromatic carbocycles. The van der Waals surface area contributed by atoms with E-state index in [9.17, 15) is 0 Å². The zero-order valence-electron chi connectivity index (χ0n) is 11.4. The lowest BCUT2D eigenvalue weighted by Crippen LogP contribution is -2.26. The molecule has 1 N–H and O–H groups in total. The van der Waals surface area contributed by atoms with Crippen LogP contribution in [-0.2, 0) is 17.8 Å². The molecular weight excluding hydrogens is 226 g/mol. The van der Waals surface area contributed by atoms with Crippen LogP contribution in [-0.4, -0.2) is 23.1 Å². The number of aromatic nitrogens is 2. The van der Waals surface area contributed by atoms with Gasteiger partial charge in [-0.25, -0.2) is 9.97 Å². The Balaban J connectivity index is 2.06. The third kappa shape index (κ3) is 3.27. The van der Waals surface area contributed by atoms with Crippen LogP contribution in [0.4, 0.5) is 0 Å². The van der Waals surface area contributed by atoms with E-state index in [1.807, 2.05) is 6.20 Å². The van der Waals surface area contributed by atoms with Crippen molar-refractivity contribution in [3.63, 3.8) is 0 Å². The van der Waals surface area contributed by atoms with Crippen molar-refractivity contribution < 1.29 is 4.74 Å². The summed E-state index contributed by atoms with van der Waals surface area (Å²) in [4.78, 5) is 9.06. The number of nitrogens with zero attached hydrogens (tertiary/aromatic N) is 2. The summed E-state index contributed by atoms with van der Waals surface area (Å²) in [5, 5.41) is 3.50. The smallest absolute Gasteiger partial charge is 0.154 e. The second kappa shape index (κ2) is 6.81. The minimum atomic E-state index is 0.435. The molecule has 1 aromatic rings. The highest BCUT2D eigenvalue weighted by Crippen LogP contribution is 2.27. The van der Waals surface area contributed by atoms with Gasteiger partial charge in [0, 0.05) is 30.1 Å². The van der Waals surface area contributed by atoms with E-state index in [1.54, 1.807) is 0 Å². The predicted octanol–water partition coefficient (Wildman–Crippen LogP) is 2.39. The summed E-state index contributed by atoms with van der Waals surface area (Å²) in [7, 11) is 0. The molecular formula is C14H23N3O. The Kier molecular flexibility index (Phi) is 5.08. The van der Waals surface area contributed by atoms with E-state index in [4.69, 9.17) is 4.74 Å². The molecule has 0 bridgehead atoms. The van der Waals surface area contributed by atoms with E-state index in [0.717, 1.165) is 31.8 Å². The van der Waals surface area contributed by atoms with Gasteiger partial charge in [-0.1, -0.05) is 13.8 Å². The van der Waals surface area contributed by atoms with Gasteiger partial charge in [-0.15, -0.1) is 0 Å². The summed E-state index contributed by atoms with van der Waals surface area (Å²) in [5.74, 6) is 0.819. The van der Waals surface area contributed by atoms with E-state index in [2.05, 4.69) is 29.1 Å². The zero-order chi connectivity index (χ0) is 12.8. The Bertz CT molecular complexity index is 381. The number of nitrogens with one attached hydrogen (secondary N) is 1. The van der Waals surface area contributed by atoms with Crippen LogP contribution in [0.1, 0.15) is 56.2 Å². The molecule has 0 aliphatic heterocycles. The average Bonchev–Trinajstić information content (AvgIpc) is 2.39. The number of hydrogen-bond donors (Lipinski definition) is 1. The van der Waals surface area contributed by atoms with Gasteiger partial charge in [-0.3, -0.25) is 0 Å². The van der Waals surface area contributed by atoms with Crippen molar-refractivity contribution >= 4 is 0 Å². The number of fused-ring (bicyclic) bond motifs is 1. The van der Waals surface area contributed by atoms with Crippen molar-refractivity contribution in [2.45, 2.75) is 52.2 Å². The summed E-state index contributed by atoms with van der Waals surface area (Å²) in [6.45, 7) is 6.55. The average molecular weight is 249 g/mol. The lowest BCUT2D eigenvalue weighted by molar-refractivity contribution is 0.115. The zero-order valence-corrected chi connectivity index (χ0v) is 11.4. The molecule has 100 valence electrons. The first-order valence-electron chi connectivity index (χ1n) is 7.01. The number of ether oxygens (including phenoxy) is 1. The van der Waals surface area contributed by atoms with Crippen molar-refractivity contribution in [3.8, 4) is 0 Å². The van der Waals surface area contributed by atoms with E-state index < -0.39 is 0 Å². The molecule has 1 heterocycles. The van der Waals surface area contributed by atoms with Gasteiger partial charge in [0.25, 0.3) is 0 Å². The maximum absolute atomic E-state index is 5.49. The SMILES string of the molecule is CCCOCc1ncc2c(n1)CCCC2NCC. The first-order valence-corrected chi connectivity index (χ1v) is 7.01. The van der Waals surface area contributed by atoms with Crippen LogP contribution in [0.15, 0.2) is 6.20 Å². The van der Waals surface area contributed by atoms with Crippen molar-refractivity contribution in [2.24, 2.45) is 0 Å². The number of hydrogen-bond acceptors (Lipinski definition) is 4. The molecule has 1 aromatic heterocycles. The predicted molar refractivity (Wildman–Crippen MR) is 71.3 cm³/mol. The van der Waals surface area contributed by atoms with E-state index in [-0.39, 0.29) is 0 Å². The van der Waals surface area contributed by atoms with Gasteiger partial charge in [0.1, 0.15) is 6.61 Å². The summed E-state index contributed by atoms with van der Waals surface area (Å²) >= 11 is 0.